The molecule has 1 heterocycles. The Bertz CT molecular complexity index is 624. The van der Waals surface area contributed by atoms with Crippen molar-refractivity contribution in [2.24, 2.45) is 0 Å². The fraction of sp³-hybridized carbons (Fsp3) is 0.333. The van der Waals surface area contributed by atoms with Crippen LogP contribution in [0, 0.1) is 0 Å². The van der Waals surface area contributed by atoms with Gasteiger partial charge in [-0.15, -0.1) is 0 Å². The third-order valence-electron chi connectivity index (χ3n) is 2.95. The number of piperazine rings is 1. The first-order valence-corrected chi connectivity index (χ1v) is 7.56. The lowest BCUT2D eigenvalue weighted by Gasteiger charge is -2.25. The van der Waals surface area contributed by atoms with Crippen LogP contribution in [0.25, 0.3) is 0 Å². The summed E-state index contributed by atoms with van der Waals surface area (Å²) in [5.74, 6) is -1.63. The summed E-state index contributed by atoms with van der Waals surface area (Å²) < 4.78 is 25.4. The number of carboxylic acids is 1. The molecule has 0 aliphatic carbocycles. The highest BCUT2D eigenvalue weighted by molar-refractivity contribution is 7.88. The molecule has 20 heavy (non-hydrogen) atoms. The summed E-state index contributed by atoms with van der Waals surface area (Å²) in [5.41, 5.74) is 0.587. The van der Waals surface area contributed by atoms with Crippen LogP contribution in [-0.4, -0.2) is 49.3 Å². The summed E-state index contributed by atoms with van der Waals surface area (Å²) in [6, 6.07) is 5.64. The number of nitrogens with one attached hydrogen (secondary N) is 1. The normalized spacial score (nSPS) is 16.7. The average Bonchev–Trinajstić information content (AvgIpc) is 2.39. The lowest BCUT2D eigenvalue weighted by molar-refractivity contribution is -0.122. The van der Waals surface area contributed by atoms with Gasteiger partial charge in [0.05, 0.1) is 17.9 Å². The van der Waals surface area contributed by atoms with Crippen LogP contribution in [0.15, 0.2) is 24.3 Å². The maximum atomic E-state index is 12.1. The minimum absolute atomic E-state index is 0.100. The molecule has 0 spiro atoms. The molecule has 0 saturated carbocycles. The number of nitrogens with zero attached hydrogens (tertiary/aromatic N) is 1. The van der Waals surface area contributed by atoms with Gasteiger partial charge in [0, 0.05) is 13.1 Å². The molecule has 0 atom stereocenters. The number of carboxylic acid groups (broad SMARTS) is 1. The van der Waals surface area contributed by atoms with Gasteiger partial charge in [0.1, 0.15) is 0 Å². The summed E-state index contributed by atoms with van der Waals surface area (Å²) in [6.07, 6.45) is 0. The Balaban J connectivity index is 2.11. The number of carbonyl (C=O) groups is 2. The average molecular weight is 298 g/mol. The summed E-state index contributed by atoms with van der Waals surface area (Å²) in [4.78, 5) is 21.9. The zero-order chi connectivity index (χ0) is 14.8. The monoisotopic (exact) mass is 298 g/mol. The van der Waals surface area contributed by atoms with Crippen molar-refractivity contribution in [1.82, 2.24) is 9.62 Å². The van der Waals surface area contributed by atoms with E-state index in [4.69, 9.17) is 5.11 Å². The number of sulfonamides is 1. The van der Waals surface area contributed by atoms with Gasteiger partial charge < -0.3 is 10.4 Å². The van der Waals surface area contributed by atoms with E-state index in [-0.39, 0.29) is 30.3 Å². The van der Waals surface area contributed by atoms with Crippen molar-refractivity contribution in [2.75, 3.05) is 19.6 Å². The molecule has 0 radical (unpaired) electrons. The van der Waals surface area contributed by atoms with Gasteiger partial charge in [-0.2, -0.15) is 4.31 Å². The maximum absolute atomic E-state index is 12.1. The molecule has 1 aromatic carbocycles. The highest BCUT2D eigenvalue weighted by atomic mass is 32.2. The van der Waals surface area contributed by atoms with Crippen molar-refractivity contribution in [3.05, 3.63) is 35.4 Å². The predicted molar refractivity (Wildman–Crippen MR) is 70.6 cm³/mol. The van der Waals surface area contributed by atoms with Gasteiger partial charge in [-0.3, -0.25) is 4.79 Å². The van der Waals surface area contributed by atoms with E-state index in [2.05, 4.69) is 5.32 Å². The van der Waals surface area contributed by atoms with Crippen molar-refractivity contribution >= 4 is 21.9 Å². The molecule has 108 valence electrons. The maximum Gasteiger partial charge on any atom is 0.335 e. The van der Waals surface area contributed by atoms with Crippen molar-refractivity contribution in [2.45, 2.75) is 5.75 Å². The molecule has 2 N–H and O–H groups in total. The molecule has 0 bridgehead atoms. The smallest absolute Gasteiger partial charge is 0.335 e. The zero-order valence-corrected chi connectivity index (χ0v) is 11.4. The first kappa shape index (κ1) is 14.5. The van der Waals surface area contributed by atoms with Crippen LogP contribution >= 0.6 is 0 Å². The van der Waals surface area contributed by atoms with Gasteiger partial charge in [-0.1, -0.05) is 12.1 Å². The van der Waals surface area contributed by atoms with Crippen LogP contribution in [0.5, 0.6) is 0 Å². The number of carbonyl (C=O) groups excluding carboxylic acids is 1. The number of aromatic carboxylic acids is 1. The van der Waals surface area contributed by atoms with Gasteiger partial charge in [-0.25, -0.2) is 13.2 Å². The van der Waals surface area contributed by atoms with Crippen LogP contribution in [0.2, 0.25) is 0 Å². The Kier molecular flexibility index (Phi) is 4.05. The molecule has 1 amide bonds. The molecule has 2 rings (SSSR count). The molecule has 1 aromatic rings. The second-order valence-electron chi connectivity index (χ2n) is 4.44. The van der Waals surface area contributed by atoms with E-state index >= 15 is 0 Å². The molecule has 1 aliphatic rings. The lowest BCUT2D eigenvalue weighted by atomic mass is 10.1. The summed E-state index contributed by atoms with van der Waals surface area (Å²) in [5, 5.41) is 11.3. The van der Waals surface area contributed by atoms with Crippen LogP contribution < -0.4 is 5.32 Å². The Labute approximate surface area is 116 Å². The van der Waals surface area contributed by atoms with Gasteiger partial charge in [0.2, 0.25) is 15.9 Å². The highest BCUT2D eigenvalue weighted by Crippen LogP contribution is 2.13. The van der Waals surface area contributed by atoms with Crippen LogP contribution in [0.1, 0.15) is 15.9 Å². The van der Waals surface area contributed by atoms with Gasteiger partial charge in [-0.05, 0) is 17.7 Å². The van der Waals surface area contributed by atoms with Crippen LogP contribution in [-0.2, 0) is 20.6 Å². The highest BCUT2D eigenvalue weighted by Gasteiger charge is 2.27. The predicted octanol–water partition coefficient (Wildman–Crippen LogP) is -0.354. The van der Waals surface area contributed by atoms with Gasteiger partial charge >= 0.3 is 5.97 Å². The van der Waals surface area contributed by atoms with Crippen molar-refractivity contribution < 1.29 is 23.1 Å². The van der Waals surface area contributed by atoms with E-state index < -0.39 is 16.0 Å². The second kappa shape index (κ2) is 5.59. The number of hydrogen-bond donors (Lipinski definition) is 2. The molecule has 1 aliphatic heterocycles. The standard InChI is InChI=1S/C12H14N2O5S/c15-11-7-14(6-5-13-11)20(18,19)8-9-1-3-10(4-2-9)12(16)17/h1-4H,5-8H2,(H,13,15)(H,16,17). The van der Waals surface area contributed by atoms with Crippen LogP contribution in [0.3, 0.4) is 0 Å². The van der Waals surface area contributed by atoms with E-state index in [0.29, 0.717) is 12.1 Å². The van der Waals surface area contributed by atoms with E-state index in [1.165, 1.54) is 24.3 Å². The minimum atomic E-state index is -3.58. The second-order valence-corrected chi connectivity index (χ2v) is 6.41. The molecule has 8 heteroatoms. The number of rotatable bonds is 4. The third kappa shape index (κ3) is 3.34. The third-order valence-corrected chi connectivity index (χ3v) is 4.74. The van der Waals surface area contributed by atoms with Gasteiger partial charge in [0.15, 0.2) is 0 Å². The fourth-order valence-corrected chi connectivity index (χ4v) is 3.38. The number of benzene rings is 1. The van der Waals surface area contributed by atoms with Crippen molar-refractivity contribution in [3.8, 4) is 0 Å². The largest absolute Gasteiger partial charge is 0.478 e. The quantitative estimate of drug-likeness (QED) is 0.790. The molecule has 1 fully saturated rings. The minimum Gasteiger partial charge on any atom is -0.478 e. The Hall–Kier alpha value is -1.93. The lowest BCUT2D eigenvalue weighted by Crippen LogP contribution is -2.50. The summed E-state index contributed by atoms with van der Waals surface area (Å²) >= 11 is 0. The number of amides is 1. The fourth-order valence-electron chi connectivity index (χ4n) is 1.90. The van der Waals surface area contributed by atoms with E-state index in [9.17, 15) is 18.0 Å². The van der Waals surface area contributed by atoms with E-state index in [0.717, 1.165) is 4.31 Å². The molecule has 0 unspecified atom stereocenters. The van der Waals surface area contributed by atoms with E-state index in [1.54, 1.807) is 0 Å². The Morgan fingerprint density at radius 1 is 1.30 bits per heavy atom. The summed E-state index contributed by atoms with van der Waals surface area (Å²) in [6.45, 7) is 0.382. The van der Waals surface area contributed by atoms with Crippen molar-refractivity contribution in [3.63, 3.8) is 0 Å². The SMILES string of the molecule is O=C1CN(S(=O)(=O)Cc2ccc(C(=O)O)cc2)CCN1. The first-order valence-electron chi connectivity index (χ1n) is 5.95. The molecular formula is C12H14N2O5S. The van der Waals surface area contributed by atoms with Crippen LogP contribution in [0.4, 0.5) is 0 Å². The number of hydrogen-bond acceptors (Lipinski definition) is 4. The van der Waals surface area contributed by atoms with E-state index in [1.807, 2.05) is 0 Å². The first-order chi connectivity index (χ1) is 9.38. The Morgan fingerprint density at radius 3 is 2.50 bits per heavy atom. The van der Waals surface area contributed by atoms with Gasteiger partial charge in [0.25, 0.3) is 0 Å². The summed E-state index contributed by atoms with van der Waals surface area (Å²) in [7, 11) is -3.58. The topological polar surface area (TPSA) is 104 Å². The zero-order valence-electron chi connectivity index (χ0n) is 10.6. The molecular weight excluding hydrogens is 284 g/mol. The van der Waals surface area contributed by atoms with Crippen molar-refractivity contribution in [1.29, 1.82) is 0 Å². The molecule has 1 saturated heterocycles. The molecule has 0 aromatic heterocycles. The molecule has 7 nitrogen and oxygen atoms in total. The Morgan fingerprint density at radius 2 is 1.95 bits per heavy atom.